The Morgan fingerprint density at radius 3 is 1.89 bits per heavy atom. The van der Waals surface area contributed by atoms with Crippen LogP contribution in [0.1, 0.15) is 15.9 Å². The minimum absolute atomic E-state index is 0.0918. The number of nitrogens with one attached hydrogen (secondary N) is 1. The predicted octanol–water partition coefficient (Wildman–Crippen LogP) is 3.46. The largest absolute Gasteiger partial charge is 0.497 e. The van der Waals surface area contributed by atoms with Gasteiger partial charge < -0.3 is 14.4 Å². The fraction of sp³-hybridized carbons (Fsp3) is 0.269. The third-order valence-electron chi connectivity index (χ3n) is 5.98. The molecule has 1 aliphatic heterocycles. The molecule has 0 atom stereocenters. The Labute approximate surface area is 206 Å². The Morgan fingerprint density at radius 1 is 0.800 bits per heavy atom. The number of methoxy groups -OCH3 is 2. The molecule has 0 aliphatic carbocycles. The number of amides is 1. The summed E-state index contributed by atoms with van der Waals surface area (Å²) in [5.74, 6) is 1.37. The van der Waals surface area contributed by atoms with Gasteiger partial charge in [-0.25, -0.2) is 8.42 Å². The van der Waals surface area contributed by atoms with Crippen molar-refractivity contribution in [3.63, 3.8) is 0 Å². The van der Waals surface area contributed by atoms with Gasteiger partial charge >= 0.3 is 0 Å². The van der Waals surface area contributed by atoms with E-state index in [1.807, 2.05) is 17.0 Å². The first-order valence-corrected chi connectivity index (χ1v) is 12.8. The van der Waals surface area contributed by atoms with Gasteiger partial charge in [-0.05, 0) is 66.2 Å². The zero-order valence-electron chi connectivity index (χ0n) is 19.8. The highest BCUT2D eigenvalue weighted by Gasteiger charge is 2.23. The Morgan fingerprint density at radius 2 is 1.34 bits per heavy atom. The molecule has 0 aromatic heterocycles. The Hall–Kier alpha value is -3.56. The van der Waals surface area contributed by atoms with Crippen molar-refractivity contribution in [2.45, 2.75) is 11.4 Å². The molecule has 9 heteroatoms. The van der Waals surface area contributed by atoms with Gasteiger partial charge in [0, 0.05) is 44.0 Å². The average Bonchev–Trinajstić information content (AvgIpc) is 2.89. The molecule has 1 aliphatic rings. The summed E-state index contributed by atoms with van der Waals surface area (Å²) < 4.78 is 38.3. The SMILES string of the molecule is COc1ccc(CN2CCN(C(=O)c3ccc(S(=O)(=O)Nc4ccc(OC)cc4)cc3)CC2)cc1. The number of hydrogen-bond acceptors (Lipinski definition) is 6. The lowest BCUT2D eigenvalue weighted by atomic mass is 10.1. The molecule has 0 saturated carbocycles. The summed E-state index contributed by atoms with van der Waals surface area (Å²) in [7, 11) is -0.576. The second-order valence-electron chi connectivity index (χ2n) is 8.27. The fourth-order valence-electron chi connectivity index (χ4n) is 3.93. The fourth-order valence-corrected chi connectivity index (χ4v) is 4.99. The number of nitrogens with zero attached hydrogens (tertiary/aromatic N) is 2. The van der Waals surface area contributed by atoms with Crippen molar-refractivity contribution in [1.82, 2.24) is 9.80 Å². The van der Waals surface area contributed by atoms with Gasteiger partial charge in [-0.3, -0.25) is 14.4 Å². The molecule has 1 saturated heterocycles. The first-order chi connectivity index (χ1) is 16.9. The van der Waals surface area contributed by atoms with E-state index in [2.05, 4.69) is 21.8 Å². The van der Waals surface area contributed by atoms with Gasteiger partial charge in [-0.1, -0.05) is 12.1 Å². The highest BCUT2D eigenvalue weighted by molar-refractivity contribution is 7.92. The summed E-state index contributed by atoms with van der Waals surface area (Å²) in [5, 5.41) is 0. The van der Waals surface area contributed by atoms with Crippen LogP contribution in [0.2, 0.25) is 0 Å². The molecule has 1 amide bonds. The maximum absolute atomic E-state index is 13.0. The van der Waals surface area contributed by atoms with E-state index in [4.69, 9.17) is 9.47 Å². The van der Waals surface area contributed by atoms with Gasteiger partial charge in [0.2, 0.25) is 0 Å². The number of carbonyl (C=O) groups excluding carboxylic acids is 1. The number of rotatable bonds is 8. The quantitative estimate of drug-likeness (QED) is 0.515. The number of sulfonamides is 1. The highest BCUT2D eigenvalue weighted by atomic mass is 32.2. The minimum atomic E-state index is -3.77. The zero-order valence-corrected chi connectivity index (χ0v) is 20.6. The average molecular weight is 496 g/mol. The van der Waals surface area contributed by atoms with Crippen molar-refractivity contribution in [2.75, 3.05) is 45.1 Å². The summed E-state index contributed by atoms with van der Waals surface area (Å²) >= 11 is 0. The van der Waals surface area contributed by atoms with Crippen LogP contribution in [0.4, 0.5) is 5.69 Å². The molecule has 1 fully saturated rings. The van der Waals surface area contributed by atoms with Crippen LogP contribution in [0.5, 0.6) is 11.5 Å². The van der Waals surface area contributed by atoms with E-state index < -0.39 is 10.0 Å². The van der Waals surface area contributed by atoms with E-state index in [1.165, 1.54) is 17.7 Å². The van der Waals surface area contributed by atoms with E-state index in [9.17, 15) is 13.2 Å². The molecule has 184 valence electrons. The molecule has 1 N–H and O–H groups in total. The highest BCUT2D eigenvalue weighted by Crippen LogP contribution is 2.20. The zero-order chi connectivity index (χ0) is 24.8. The van der Waals surface area contributed by atoms with Gasteiger partial charge in [0.15, 0.2) is 0 Å². The first kappa shape index (κ1) is 24.6. The van der Waals surface area contributed by atoms with Crippen LogP contribution in [0, 0.1) is 0 Å². The number of hydrogen-bond donors (Lipinski definition) is 1. The molecule has 3 aromatic rings. The third-order valence-corrected chi connectivity index (χ3v) is 7.38. The lowest BCUT2D eigenvalue weighted by Gasteiger charge is -2.34. The van der Waals surface area contributed by atoms with Crippen molar-refractivity contribution in [3.8, 4) is 11.5 Å². The smallest absolute Gasteiger partial charge is 0.261 e. The van der Waals surface area contributed by atoms with Crippen molar-refractivity contribution in [1.29, 1.82) is 0 Å². The molecular formula is C26H29N3O5S. The summed E-state index contributed by atoms with van der Waals surface area (Å²) in [4.78, 5) is 17.2. The minimum Gasteiger partial charge on any atom is -0.497 e. The summed E-state index contributed by atoms with van der Waals surface area (Å²) in [6, 6.07) is 20.7. The van der Waals surface area contributed by atoms with Crippen LogP contribution in [0.25, 0.3) is 0 Å². The van der Waals surface area contributed by atoms with E-state index in [0.717, 1.165) is 25.4 Å². The van der Waals surface area contributed by atoms with Crippen LogP contribution in [0.15, 0.2) is 77.7 Å². The lowest BCUT2D eigenvalue weighted by molar-refractivity contribution is 0.0628. The summed E-state index contributed by atoms with van der Waals surface area (Å²) in [5.41, 5.74) is 2.10. The van der Waals surface area contributed by atoms with Crippen molar-refractivity contribution in [3.05, 3.63) is 83.9 Å². The number of carbonyl (C=O) groups is 1. The monoisotopic (exact) mass is 495 g/mol. The Balaban J connectivity index is 1.32. The van der Waals surface area contributed by atoms with E-state index in [1.54, 1.807) is 50.6 Å². The van der Waals surface area contributed by atoms with Gasteiger partial charge in [0.1, 0.15) is 11.5 Å². The summed E-state index contributed by atoms with van der Waals surface area (Å²) in [6.45, 7) is 3.61. The number of benzene rings is 3. The van der Waals surface area contributed by atoms with Gasteiger partial charge in [-0.15, -0.1) is 0 Å². The normalized spacial score (nSPS) is 14.4. The maximum atomic E-state index is 13.0. The molecular weight excluding hydrogens is 466 g/mol. The summed E-state index contributed by atoms with van der Waals surface area (Å²) in [6.07, 6.45) is 0. The first-order valence-electron chi connectivity index (χ1n) is 11.3. The van der Waals surface area contributed by atoms with Crippen molar-refractivity contribution >= 4 is 21.6 Å². The molecule has 0 unspecified atom stereocenters. The van der Waals surface area contributed by atoms with Crippen molar-refractivity contribution in [2.24, 2.45) is 0 Å². The molecule has 8 nitrogen and oxygen atoms in total. The molecule has 1 heterocycles. The molecule has 0 bridgehead atoms. The number of piperazine rings is 1. The number of anilines is 1. The van der Waals surface area contributed by atoms with Crippen LogP contribution in [0.3, 0.4) is 0 Å². The van der Waals surface area contributed by atoms with E-state index in [-0.39, 0.29) is 10.8 Å². The van der Waals surface area contributed by atoms with Gasteiger partial charge in [0.25, 0.3) is 15.9 Å². The number of ether oxygens (including phenoxy) is 2. The third kappa shape index (κ3) is 6.12. The van der Waals surface area contributed by atoms with Crippen LogP contribution in [-0.2, 0) is 16.6 Å². The predicted molar refractivity (Wildman–Crippen MR) is 134 cm³/mol. The topological polar surface area (TPSA) is 88.2 Å². The van der Waals surface area contributed by atoms with Crippen molar-refractivity contribution < 1.29 is 22.7 Å². The second-order valence-corrected chi connectivity index (χ2v) is 9.96. The Kier molecular flexibility index (Phi) is 7.57. The van der Waals surface area contributed by atoms with Crippen LogP contribution < -0.4 is 14.2 Å². The van der Waals surface area contributed by atoms with Crippen LogP contribution >= 0.6 is 0 Å². The molecule has 4 rings (SSSR count). The van der Waals surface area contributed by atoms with Crippen LogP contribution in [-0.4, -0.2) is 64.5 Å². The molecule has 35 heavy (non-hydrogen) atoms. The molecule has 3 aromatic carbocycles. The molecule has 0 radical (unpaired) electrons. The standard InChI is InChI=1S/C26H29N3O5S/c1-33-23-9-3-20(4-10-23)19-28-15-17-29(18-16-28)26(30)21-5-13-25(14-6-21)35(31,32)27-22-7-11-24(34-2)12-8-22/h3-14,27H,15-19H2,1-2H3. The maximum Gasteiger partial charge on any atom is 0.261 e. The second kappa shape index (κ2) is 10.8. The van der Waals surface area contributed by atoms with Gasteiger partial charge in [-0.2, -0.15) is 0 Å². The lowest BCUT2D eigenvalue weighted by Crippen LogP contribution is -2.48. The Bertz CT molecular complexity index is 1240. The molecule has 0 spiro atoms. The van der Waals surface area contributed by atoms with E-state index in [0.29, 0.717) is 30.1 Å². The van der Waals surface area contributed by atoms with Gasteiger partial charge in [0.05, 0.1) is 19.1 Å². The van der Waals surface area contributed by atoms with E-state index >= 15 is 0 Å².